The highest BCUT2D eigenvalue weighted by atomic mass is 16.6. The highest BCUT2D eigenvalue weighted by Crippen LogP contribution is 2.53. The van der Waals surface area contributed by atoms with Crippen molar-refractivity contribution in [3.8, 4) is 0 Å². The van der Waals surface area contributed by atoms with Crippen LogP contribution in [-0.2, 0) is 19.1 Å². The Labute approximate surface area is 149 Å². The van der Waals surface area contributed by atoms with Crippen LogP contribution in [0.3, 0.4) is 0 Å². The molecule has 0 aromatic heterocycles. The van der Waals surface area contributed by atoms with Gasteiger partial charge in [0.2, 0.25) is 0 Å². The first-order valence-corrected chi connectivity index (χ1v) is 9.10. The lowest BCUT2D eigenvalue weighted by Crippen LogP contribution is -2.40. The van der Waals surface area contributed by atoms with E-state index in [1.165, 1.54) is 0 Å². The van der Waals surface area contributed by atoms with Gasteiger partial charge in [-0.05, 0) is 34.1 Å². The Morgan fingerprint density at radius 3 is 2.80 bits per heavy atom. The molecule has 0 aromatic rings. The lowest BCUT2D eigenvalue weighted by Gasteiger charge is -2.34. The van der Waals surface area contributed by atoms with E-state index >= 15 is 0 Å². The Morgan fingerprint density at radius 2 is 2.16 bits per heavy atom. The molecule has 1 saturated carbocycles. The van der Waals surface area contributed by atoms with Crippen molar-refractivity contribution in [2.75, 3.05) is 0 Å². The van der Waals surface area contributed by atoms with Crippen molar-refractivity contribution in [3.05, 3.63) is 23.3 Å². The minimum atomic E-state index is -0.982. The standard InChI is InChI=1S/C20H28O5/c1-6-10(2)18(21)24-14-9-20(5,23)13-8-7-11(3)15(13)17-16(14)12(4)19(22)25-17/h6-7,12-17,23H,8-9H2,1-5H3/b10-6+/t12-,13?,14+,15-,16-,17+,20+/m1/s1. The molecule has 0 spiro atoms. The van der Waals surface area contributed by atoms with Crippen LogP contribution < -0.4 is 0 Å². The lowest BCUT2D eigenvalue weighted by molar-refractivity contribution is -0.152. The van der Waals surface area contributed by atoms with Crippen LogP contribution in [0.4, 0.5) is 0 Å². The quantitative estimate of drug-likeness (QED) is 0.472. The van der Waals surface area contributed by atoms with E-state index in [0.717, 1.165) is 12.0 Å². The van der Waals surface area contributed by atoms with Crippen LogP contribution in [0.1, 0.15) is 47.5 Å². The van der Waals surface area contributed by atoms with Gasteiger partial charge >= 0.3 is 11.9 Å². The SMILES string of the molecule is C/C=C(\C)C(=O)O[C@H]1C[C@](C)(O)C2CC=C(C)[C@H]2[C@@H]2OC(=O)[C@H](C)[C@@H]21. The second-order valence-corrected chi connectivity index (χ2v) is 8.06. The largest absolute Gasteiger partial charge is 0.461 e. The van der Waals surface area contributed by atoms with Crippen LogP contribution in [-0.4, -0.2) is 34.9 Å². The molecule has 0 amide bonds. The Balaban J connectivity index is 1.99. The van der Waals surface area contributed by atoms with Gasteiger partial charge in [-0.3, -0.25) is 4.79 Å². The molecule has 0 radical (unpaired) electrons. The summed E-state index contributed by atoms with van der Waals surface area (Å²) in [6.07, 6.45) is 4.03. The molecule has 1 heterocycles. The first-order chi connectivity index (χ1) is 11.7. The summed E-state index contributed by atoms with van der Waals surface area (Å²) in [5.74, 6) is -1.25. The molecule has 1 aliphatic heterocycles. The molecule has 5 nitrogen and oxygen atoms in total. The Hall–Kier alpha value is -1.62. The third-order valence-electron chi connectivity index (χ3n) is 6.44. The second kappa shape index (κ2) is 6.27. The van der Waals surface area contributed by atoms with Crippen molar-refractivity contribution in [3.63, 3.8) is 0 Å². The van der Waals surface area contributed by atoms with Gasteiger partial charge < -0.3 is 14.6 Å². The highest BCUT2D eigenvalue weighted by Gasteiger charge is 2.59. The molecule has 1 unspecified atom stereocenters. The smallest absolute Gasteiger partial charge is 0.333 e. The van der Waals surface area contributed by atoms with E-state index in [-0.39, 0.29) is 35.7 Å². The van der Waals surface area contributed by atoms with Gasteiger partial charge in [-0.15, -0.1) is 0 Å². The van der Waals surface area contributed by atoms with Gasteiger partial charge in [-0.1, -0.05) is 24.6 Å². The van der Waals surface area contributed by atoms with Crippen molar-refractivity contribution in [2.24, 2.45) is 23.7 Å². The molecule has 0 aromatic carbocycles. The third kappa shape index (κ3) is 2.92. The number of rotatable bonds is 2. The zero-order valence-electron chi connectivity index (χ0n) is 15.6. The zero-order chi connectivity index (χ0) is 18.5. The number of hydrogen-bond acceptors (Lipinski definition) is 5. The van der Waals surface area contributed by atoms with Gasteiger partial charge in [0.1, 0.15) is 12.2 Å². The summed E-state index contributed by atoms with van der Waals surface area (Å²) in [5.41, 5.74) is 0.692. The Kier molecular flexibility index (Phi) is 4.56. The molecular weight excluding hydrogens is 320 g/mol. The maximum atomic E-state index is 12.3. The summed E-state index contributed by atoms with van der Waals surface area (Å²) in [6, 6.07) is 0. The van der Waals surface area contributed by atoms with Crippen molar-refractivity contribution in [2.45, 2.75) is 65.3 Å². The van der Waals surface area contributed by atoms with E-state index in [9.17, 15) is 14.7 Å². The zero-order valence-corrected chi connectivity index (χ0v) is 15.6. The molecule has 138 valence electrons. The Bertz CT molecular complexity index is 644. The lowest BCUT2D eigenvalue weighted by atomic mass is 9.76. The predicted octanol–water partition coefficient (Wildman–Crippen LogP) is 2.78. The fourth-order valence-corrected chi connectivity index (χ4v) is 4.81. The number of allylic oxidation sites excluding steroid dienone is 2. The van der Waals surface area contributed by atoms with Gasteiger partial charge in [-0.2, -0.15) is 0 Å². The molecular formula is C20H28O5. The molecule has 3 rings (SSSR count). The molecule has 7 atom stereocenters. The van der Waals surface area contributed by atoms with Crippen LogP contribution in [0.2, 0.25) is 0 Å². The number of aliphatic hydroxyl groups is 1. The van der Waals surface area contributed by atoms with Crippen molar-refractivity contribution in [1.29, 1.82) is 0 Å². The van der Waals surface area contributed by atoms with Gasteiger partial charge in [-0.25, -0.2) is 4.79 Å². The van der Waals surface area contributed by atoms with Gasteiger partial charge in [0, 0.05) is 29.7 Å². The third-order valence-corrected chi connectivity index (χ3v) is 6.44. The fraction of sp³-hybridized carbons (Fsp3) is 0.700. The van der Waals surface area contributed by atoms with Gasteiger partial charge in [0.05, 0.1) is 11.5 Å². The molecule has 5 heteroatoms. The van der Waals surface area contributed by atoms with E-state index in [4.69, 9.17) is 9.47 Å². The molecule has 1 saturated heterocycles. The van der Waals surface area contributed by atoms with Crippen LogP contribution in [0, 0.1) is 23.7 Å². The summed E-state index contributed by atoms with van der Waals surface area (Å²) >= 11 is 0. The number of esters is 2. The van der Waals surface area contributed by atoms with Crippen molar-refractivity contribution < 1.29 is 24.2 Å². The van der Waals surface area contributed by atoms with E-state index in [1.807, 2.05) is 20.8 Å². The fourth-order valence-electron chi connectivity index (χ4n) is 4.81. The van der Waals surface area contributed by atoms with E-state index in [2.05, 4.69) is 6.08 Å². The maximum Gasteiger partial charge on any atom is 0.333 e. The summed E-state index contributed by atoms with van der Waals surface area (Å²) in [7, 11) is 0. The molecule has 25 heavy (non-hydrogen) atoms. The van der Waals surface area contributed by atoms with Crippen LogP contribution >= 0.6 is 0 Å². The second-order valence-electron chi connectivity index (χ2n) is 8.06. The topological polar surface area (TPSA) is 72.8 Å². The molecule has 3 aliphatic rings. The summed E-state index contributed by atoms with van der Waals surface area (Å²) in [4.78, 5) is 24.6. The van der Waals surface area contributed by atoms with Gasteiger partial charge in [0.15, 0.2) is 0 Å². The number of hydrogen-bond donors (Lipinski definition) is 1. The maximum absolute atomic E-state index is 12.3. The van der Waals surface area contributed by atoms with Crippen LogP contribution in [0.5, 0.6) is 0 Å². The normalized spacial score (nSPS) is 43.7. The molecule has 2 aliphatic carbocycles. The summed E-state index contributed by atoms with van der Waals surface area (Å²) in [5, 5.41) is 11.1. The van der Waals surface area contributed by atoms with Crippen LogP contribution in [0.25, 0.3) is 0 Å². The number of carbonyl (C=O) groups excluding carboxylic acids is 2. The molecule has 1 N–H and O–H groups in total. The average Bonchev–Trinajstić information content (AvgIpc) is 3.03. The van der Waals surface area contributed by atoms with Gasteiger partial charge in [0.25, 0.3) is 0 Å². The minimum Gasteiger partial charge on any atom is -0.461 e. The van der Waals surface area contributed by atoms with Crippen molar-refractivity contribution in [1.82, 2.24) is 0 Å². The minimum absolute atomic E-state index is 0.0135. The van der Waals surface area contributed by atoms with E-state index in [0.29, 0.717) is 12.0 Å². The number of fused-ring (bicyclic) bond motifs is 3. The Morgan fingerprint density at radius 1 is 1.48 bits per heavy atom. The first kappa shape index (κ1) is 18.2. The monoisotopic (exact) mass is 348 g/mol. The first-order valence-electron chi connectivity index (χ1n) is 9.10. The average molecular weight is 348 g/mol. The molecule has 2 fully saturated rings. The summed E-state index contributed by atoms with van der Waals surface area (Å²) < 4.78 is 11.5. The van der Waals surface area contributed by atoms with Crippen molar-refractivity contribution >= 4 is 11.9 Å². The number of ether oxygens (including phenoxy) is 2. The van der Waals surface area contributed by atoms with E-state index in [1.54, 1.807) is 19.9 Å². The predicted molar refractivity (Wildman–Crippen MR) is 92.4 cm³/mol. The summed E-state index contributed by atoms with van der Waals surface area (Å²) in [6.45, 7) is 9.17. The van der Waals surface area contributed by atoms with E-state index < -0.39 is 17.7 Å². The number of carbonyl (C=O) groups is 2. The highest BCUT2D eigenvalue weighted by molar-refractivity contribution is 5.87. The van der Waals surface area contributed by atoms with Crippen LogP contribution in [0.15, 0.2) is 23.3 Å². The molecule has 0 bridgehead atoms.